The van der Waals surface area contributed by atoms with Gasteiger partial charge in [-0.2, -0.15) is 5.26 Å². The summed E-state index contributed by atoms with van der Waals surface area (Å²) < 4.78 is 10.9. The average molecular weight is 464 g/mol. The fourth-order valence-electron chi connectivity index (χ4n) is 4.21. The third-order valence-electron chi connectivity index (χ3n) is 6.34. The van der Waals surface area contributed by atoms with E-state index in [0.717, 1.165) is 22.6 Å². The lowest BCUT2D eigenvalue weighted by Gasteiger charge is -2.15. The lowest BCUT2D eigenvalue weighted by Crippen LogP contribution is -2.17. The molecule has 0 bridgehead atoms. The van der Waals surface area contributed by atoms with Gasteiger partial charge >= 0.3 is 6.09 Å². The van der Waals surface area contributed by atoms with Gasteiger partial charge in [0.2, 0.25) is 0 Å². The van der Waals surface area contributed by atoms with Crippen LogP contribution in [0, 0.1) is 18.3 Å². The number of aromatic nitrogens is 1. The maximum absolute atomic E-state index is 12.7. The molecule has 1 fully saturated rings. The smallest absolute Gasteiger partial charge is 0.412 e. The Labute approximate surface area is 204 Å². The molecule has 0 saturated heterocycles. The van der Waals surface area contributed by atoms with Gasteiger partial charge in [-0.15, -0.1) is 0 Å². The van der Waals surface area contributed by atoms with Crippen molar-refractivity contribution in [3.05, 3.63) is 95.2 Å². The highest BCUT2D eigenvalue weighted by Gasteiger charge is 2.23. The third kappa shape index (κ3) is 4.80. The summed E-state index contributed by atoms with van der Waals surface area (Å²) in [5.41, 5.74) is 6.60. The zero-order chi connectivity index (χ0) is 24.4. The Morgan fingerprint density at radius 2 is 1.66 bits per heavy atom. The Balaban J connectivity index is 1.31. The predicted octanol–water partition coefficient (Wildman–Crippen LogP) is 7.38. The Morgan fingerprint density at radius 1 is 1.03 bits per heavy atom. The molecule has 0 unspecified atom stereocenters. The number of anilines is 1. The highest BCUT2D eigenvalue weighted by atomic mass is 16.6. The third-order valence-corrected chi connectivity index (χ3v) is 6.34. The van der Waals surface area contributed by atoms with E-state index in [2.05, 4.69) is 40.8 Å². The maximum Gasteiger partial charge on any atom is 0.412 e. The number of nitrogens with zero attached hydrogens (tertiary/aromatic N) is 2. The van der Waals surface area contributed by atoms with E-state index in [-0.39, 0.29) is 0 Å². The summed E-state index contributed by atoms with van der Waals surface area (Å²) in [5.74, 6) is 1.21. The fourth-order valence-corrected chi connectivity index (χ4v) is 4.21. The first kappa shape index (κ1) is 22.4. The van der Waals surface area contributed by atoms with Gasteiger partial charge in [-0.25, -0.2) is 4.79 Å². The van der Waals surface area contributed by atoms with Crippen LogP contribution in [-0.2, 0) is 4.74 Å². The molecule has 6 nitrogen and oxygen atoms in total. The van der Waals surface area contributed by atoms with Gasteiger partial charge in [0.15, 0.2) is 5.76 Å². The van der Waals surface area contributed by atoms with Crippen molar-refractivity contribution in [2.45, 2.75) is 38.7 Å². The number of carbonyl (C=O) groups excluding carboxylic acids is 1. The van der Waals surface area contributed by atoms with Crippen LogP contribution >= 0.6 is 0 Å². The van der Waals surface area contributed by atoms with Gasteiger partial charge in [0.25, 0.3) is 0 Å². The number of hydrogen-bond acceptors (Lipinski definition) is 5. The number of amides is 1. The van der Waals surface area contributed by atoms with Gasteiger partial charge in [-0.1, -0.05) is 71.9 Å². The van der Waals surface area contributed by atoms with Gasteiger partial charge in [-0.05, 0) is 55.4 Å². The van der Waals surface area contributed by atoms with Crippen molar-refractivity contribution in [2.24, 2.45) is 0 Å². The van der Waals surface area contributed by atoms with Crippen LogP contribution in [0.15, 0.2) is 77.3 Å². The van der Waals surface area contributed by atoms with Gasteiger partial charge in [0.1, 0.15) is 17.5 Å². The Morgan fingerprint density at radius 3 is 2.31 bits per heavy atom. The van der Waals surface area contributed by atoms with Crippen LogP contribution in [0.25, 0.3) is 22.4 Å². The standard InChI is InChI=1S/C29H25N3O3/c1-18(26-6-4-3-5-25(26)17-30)34-29(33)31-27-19(2)35-32-28(27)24-15-13-23(14-16-24)22-11-9-21(10-12-22)20-7-8-20/h3-6,9-16,18,20H,7-8H2,1-2H3,(H,31,33)/t18-/m1/s1. The molecule has 35 heavy (non-hydrogen) atoms. The molecule has 1 aliphatic rings. The molecule has 1 aromatic heterocycles. The van der Waals surface area contributed by atoms with Crippen molar-refractivity contribution in [1.82, 2.24) is 5.16 Å². The highest BCUT2D eigenvalue weighted by Crippen LogP contribution is 2.40. The summed E-state index contributed by atoms with van der Waals surface area (Å²) in [6.45, 7) is 3.46. The van der Waals surface area contributed by atoms with E-state index in [0.29, 0.717) is 28.3 Å². The van der Waals surface area contributed by atoms with Crippen molar-refractivity contribution < 1.29 is 14.1 Å². The number of ether oxygens (including phenoxy) is 1. The quantitative estimate of drug-likeness (QED) is 0.322. The largest absolute Gasteiger partial charge is 0.441 e. The number of benzene rings is 3. The first-order valence-corrected chi connectivity index (χ1v) is 11.7. The van der Waals surface area contributed by atoms with Crippen molar-refractivity contribution in [2.75, 3.05) is 5.32 Å². The zero-order valence-electron chi connectivity index (χ0n) is 19.6. The SMILES string of the molecule is Cc1onc(-c2ccc(-c3ccc(C4CC4)cc3)cc2)c1NC(=O)O[C@H](C)c1ccccc1C#N. The van der Waals surface area contributed by atoms with Crippen LogP contribution in [0.1, 0.15) is 54.2 Å². The first-order valence-electron chi connectivity index (χ1n) is 11.7. The van der Waals surface area contributed by atoms with Crippen LogP contribution in [0.4, 0.5) is 10.5 Å². The topological polar surface area (TPSA) is 88.2 Å². The number of nitrogens with one attached hydrogen (secondary N) is 1. The van der Waals surface area contributed by atoms with Crippen LogP contribution < -0.4 is 5.32 Å². The molecule has 1 heterocycles. The molecule has 1 aliphatic carbocycles. The minimum Gasteiger partial charge on any atom is -0.441 e. The summed E-state index contributed by atoms with van der Waals surface area (Å²) in [4.78, 5) is 12.7. The van der Waals surface area contributed by atoms with Crippen molar-refractivity contribution >= 4 is 11.8 Å². The first-order chi connectivity index (χ1) is 17.0. The van der Waals surface area contributed by atoms with E-state index in [1.54, 1.807) is 38.1 Å². The van der Waals surface area contributed by atoms with Crippen LogP contribution in [0.5, 0.6) is 0 Å². The van der Waals surface area contributed by atoms with Crippen LogP contribution in [0.3, 0.4) is 0 Å². The summed E-state index contributed by atoms with van der Waals surface area (Å²) in [7, 11) is 0. The molecule has 174 valence electrons. The molecule has 1 amide bonds. The molecule has 0 spiro atoms. The van der Waals surface area contributed by atoms with Crippen molar-refractivity contribution in [1.29, 1.82) is 5.26 Å². The molecule has 0 radical (unpaired) electrons. The second kappa shape index (κ2) is 9.47. The summed E-state index contributed by atoms with van der Waals surface area (Å²) in [6.07, 6.45) is 1.34. The summed E-state index contributed by atoms with van der Waals surface area (Å²) >= 11 is 0. The van der Waals surface area contributed by atoms with Crippen molar-refractivity contribution in [3.8, 4) is 28.5 Å². The van der Waals surface area contributed by atoms with Gasteiger partial charge in [0, 0.05) is 11.1 Å². The number of aryl methyl sites for hydroxylation is 1. The van der Waals surface area contributed by atoms with Crippen molar-refractivity contribution in [3.63, 3.8) is 0 Å². The number of nitriles is 1. The minimum absolute atomic E-state index is 0.456. The monoisotopic (exact) mass is 463 g/mol. The van der Waals surface area contributed by atoms with Gasteiger partial charge in [0.05, 0.1) is 11.6 Å². The molecule has 1 atom stereocenters. The molecule has 4 aromatic rings. The van der Waals surface area contributed by atoms with E-state index in [1.165, 1.54) is 18.4 Å². The van der Waals surface area contributed by atoms with E-state index >= 15 is 0 Å². The zero-order valence-corrected chi connectivity index (χ0v) is 19.6. The lowest BCUT2D eigenvalue weighted by atomic mass is 10.00. The number of hydrogen-bond donors (Lipinski definition) is 1. The van der Waals surface area contributed by atoms with Gasteiger partial charge < -0.3 is 9.26 Å². The Hall–Kier alpha value is -4.37. The number of rotatable bonds is 6. The van der Waals surface area contributed by atoms with Crippen LogP contribution in [0.2, 0.25) is 0 Å². The number of carbonyl (C=O) groups is 1. The molecule has 1 N–H and O–H groups in total. The van der Waals surface area contributed by atoms with E-state index in [9.17, 15) is 10.1 Å². The molecule has 1 saturated carbocycles. The summed E-state index contributed by atoms with van der Waals surface area (Å²) in [5, 5.41) is 16.2. The van der Waals surface area contributed by atoms with Gasteiger partial charge in [-0.3, -0.25) is 5.32 Å². The normalized spacial score (nSPS) is 13.6. The minimum atomic E-state index is -0.648. The van der Waals surface area contributed by atoms with E-state index in [4.69, 9.17) is 9.26 Å². The molecule has 6 heteroatoms. The molecule has 3 aromatic carbocycles. The second-order valence-electron chi connectivity index (χ2n) is 8.81. The second-order valence-corrected chi connectivity index (χ2v) is 8.81. The fraction of sp³-hybridized carbons (Fsp3) is 0.207. The van der Waals surface area contributed by atoms with Crippen LogP contribution in [-0.4, -0.2) is 11.2 Å². The highest BCUT2D eigenvalue weighted by molar-refractivity contribution is 5.91. The lowest BCUT2D eigenvalue weighted by molar-refractivity contribution is 0.121. The molecule has 5 rings (SSSR count). The molecular formula is C29H25N3O3. The predicted molar refractivity (Wildman–Crippen MR) is 134 cm³/mol. The Bertz CT molecular complexity index is 1390. The molecule has 0 aliphatic heterocycles. The maximum atomic E-state index is 12.7. The summed E-state index contributed by atoms with van der Waals surface area (Å²) in [6, 6.07) is 25.9. The molecular weight excluding hydrogens is 438 g/mol. The Kier molecular flexibility index (Phi) is 6.07. The van der Waals surface area contributed by atoms with E-state index in [1.807, 2.05) is 24.3 Å². The van der Waals surface area contributed by atoms with E-state index < -0.39 is 12.2 Å². The average Bonchev–Trinajstić information content (AvgIpc) is 3.68.